The van der Waals surface area contributed by atoms with E-state index in [2.05, 4.69) is 10.6 Å². The molecule has 1 heterocycles. The Morgan fingerprint density at radius 1 is 1.00 bits per heavy atom. The second-order valence-corrected chi connectivity index (χ2v) is 7.45. The molecule has 0 aliphatic rings. The Morgan fingerprint density at radius 2 is 1.70 bits per heavy atom. The van der Waals surface area contributed by atoms with E-state index in [1.807, 2.05) is 44.2 Å². The summed E-state index contributed by atoms with van der Waals surface area (Å²) in [5.41, 5.74) is 1.47. The van der Waals surface area contributed by atoms with Gasteiger partial charge in [0.1, 0.15) is 11.8 Å². The van der Waals surface area contributed by atoms with Gasteiger partial charge >= 0.3 is 0 Å². The Morgan fingerprint density at radius 3 is 2.37 bits per heavy atom. The highest BCUT2D eigenvalue weighted by molar-refractivity contribution is 6.06. The molecule has 0 radical (unpaired) electrons. The van der Waals surface area contributed by atoms with Gasteiger partial charge in [-0.3, -0.25) is 14.4 Å². The van der Waals surface area contributed by atoms with Gasteiger partial charge in [0.25, 0.3) is 5.91 Å². The van der Waals surface area contributed by atoms with E-state index in [9.17, 15) is 14.4 Å². The van der Waals surface area contributed by atoms with Crippen LogP contribution in [0, 0.1) is 6.92 Å². The van der Waals surface area contributed by atoms with E-state index < -0.39 is 11.9 Å². The molecule has 0 saturated carbocycles. The summed E-state index contributed by atoms with van der Waals surface area (Å²) in [6.45, 7) is 7.20. The Labute approximate surface area is 175 Å². The largest absolute Gasteiger partial charge is 0.455 e. The van der Waals surface area contributed by atoms with Crippen molar-refractivity contribution in [3.8, 4) is 11.3 Å². The van der Waals surface area contributed by atoms with Gasteiger partial charge in [0.05, 0.1) is 10.9 Å². The third kappa shape index (κ3) is 4.27. The van der Waals surface area contributed by atoms with Crippen LogP contribution in [0.1, 0.15) is 43.1 Å². The van der Waals surface area contributed by atoms with Crippen molar-refractivity contribution in [2.24, 2.45) is 0 Å². The minimum absolute atomic E-state index is 0.0174. The predicted octanol–water partition coefficient (Wildman–Crippen LogP) is 3.80. The highest BCUT2D eigenvalue weighted by atomic mass is 16.3. The van der Waals surface area contributed by atoms with Crippen LogP contribution in [0.25, 0.3) is 22.3 Å². The van der Waals surface area contributed by atoms with Crippen molar-refractivity contribution in [3.63, 3.8) is 0 Å². The lowest BCUT2D eigenvalue weighted by Gasteiger charge is -2.18. The number of para-hydroxylation sites is 1. The first-order valence-corrected chi connectivity index (χ1v) is 10.1. The van der Waals surface area contributed by atoms with E-state index in [0.29, 0.717) is 16.7 Å². The van der Waals surface area contributed by atoms with Gasteiger partial charge in [0.15, 0.2) is 11.0 Å². The van der Waals surface area contributed by atoms with Crippen LogP contribution < -0.4 is 16.1 Å². The zero-order chi connectivity index (χ0) is 21.8. The first-order chi connectivity index (χ1) is 14.3. The summed E-state index contributed by atoms with van der Waals surface area (Å²) in [6.07, 6.45) is 0.794. The number of amides is 2. The molecule has 3 aromatic rings. The highest BCUT2D eigenvalue weighted by Gasteiger charge is 2.22. The van der Waals surface area contributed by atoms with Crippen LogP contribution in [0.5, 0.6) is 0 Å². The topological polar surface area (TPSA) is 88.4 Å². The second-order valence-electron chi connectivity index (χ2n) is 7.45. The molecule has 30 heavy (non-hydrogen) atoms. The molecule has 2 N–H and O–H groups in total. The molecule has 6 heteroatoms. The average molecular weight is 406 g/mol. The summed E-state index contributed by atoms with van der Waals surface area (Å²) in [5.74, 6) is -0.311. The van der Waals surface area contributed by atoms with Gasteiger partial charge < -0.3 is 15.1 Å². The van der Waals surface area contributed by atoms with Crippen LogP contribution >= 0.6 is 0 Å². The Bertz CT molecular complexity index is 1140. The first kappa shape index (κ1) is 21.3. The van der Waals surface area contributed by atoms with Gasteiger partial charge in [-0.25, -0.2) is 0 Å². The molecule has 6 nitrogen and oxygen atoms in total. The maximum Gasteiger partial charge on any atom is 0.255 e. The Balaban J connectivity index is 2.00. The van der Waals surface area contributed by atoms with Crippen LogP contribution in [0.3, 0.4) is 0 Å². The van der Waals surface area contributed by atoms with Crippen molar-refractivity contribution in [1.29, 1.82) is 0 Å². The fourth-order valence-corrected chi connectivity index (χ4v) is 3.16. The van der Waals surface area contributed by atoms with Gasteiger partial charge in [0.2, 0.25) is 5.91 Å². The number of benzene rings is 2. The molecule has 0 aliphatic heterocycles. The van der Waals surface area contributed by atoms with E-state index in [4.69, 9.17) is 4.42 Å². The molecule has 0 spiro atoms. The third-order valence-corrected chi connectivity index (χ3v) is 5.17. The lowest BCUT2D eigenvalue weighted by Crippen LogP contribution is -2.47. The van der Waals surface area contributed by atoms with E-state index in [1.54, 1.807) is 32.0 Å². The minimum atomic E-state index is -0.729. The predicted molar refractivity (Wildman–Crippen MR) is 117 cm³/mol. The van der Waals surface area contributed by atoms with E-state index in [-0.39, 0.29) is 28.5 Å². The average Bonchev–Trinajstić information content (AvgIpc) is 2.76. The number of nitrogens with one attached hydrogen (secondary N) is 2. The Hall–Kier alpha value is -3.41. The summed E-state index contributed by atoms with van der Waals surface area (Å²) < 4.78 is 6.07. The van der Waals surface area contributed by atoms with Crippen molar-refractivity contribution in [3.05, 3.63) is 69.9 Å². The van der Waals surface area contributed by atoms with Gasteiger partial charge in [0, 0.05) is 17.2 Å². The number of hydrogen-bond acceptors (Lipinski definition) is 4. The van der Waals surface area contributed by atoms with Crippen molar-refractivity contribution in [1.82, 2.24) is 10.6 Å². The molecule has 2 aromatic carbocycles. The van der Waals surface area contributed by atoms with Crippen molar-refractivity contribution in [2.75, 3.05) is 0 Å². The van der Waals surface area contributed by atoms with Gasteiger partial charge in [-0.05, 0) is 39.3 Å². The van der Waals surface area contributed by atoms with Crippen LogP contribution in [0.2, 0.25) is 0 Å². The maximum atomic E-state index is 12.9. The van der Waals surface area contributed by atoms with E-state index in [1.165, 1.54) is 0 Å². The quantitative estimate of drug-likeness (QED) is 0.652. The van der Waals surface area contributed by atoms with Gasteiger partial charge in [-0.1, -0.05) is 43.3 Å². The first-order valence-electron chi connectivity index (χ1n) is 10.1. The van der Waals surface area contributed by atoms with E-state index in [0.717, 1.165) is 12.0 Å². The van der Waals surface area contributed by atoms with Crippen molar-refractivity contribution < 1.29 is 14.0 Å². The van der Waals surface area contributed by atoms with Crippen molar-refractivity contribution in [2.45, 2.75) is 46.2 Å². The second kappa shape index (κ2) is 8.95. The number of carbonyl (C=O) groups excluding carboxylic acids is 2. The normalized spacial score (nSPS) is 12.9. The third-order valence-electron chi connectivity index (χ3n) is 5.17. The molecule has 3 rings (SSSR count). The highest BCUT2D eigenvalue weighted by Crippen LogP contribution is 2.27. The molecule has 156 valence electrons. The Kier molecular flexibility index (Phi) is 6.35. The molecule has 0 fully saturated rings. The molecule has 2 amide bonds. The van der Waals surface area contributed by atoms with E-state index >= 15 is 0 Å². The summed E-state index contributed by atoms with van der Waals surface area (Å²) >= 11 is 0. The van der Waals surface area contributed by atoms with Gasteiger partial charge in [-0.15, -0.1) is 0 Å². The zero-order valence-electron chi connectivity index (χ0n) is 17.6. The molecule has 0 aliphatic carbocycles. The SMILES string of the molecule is CCC(C)NC(=O)C(C)NC(=O)c1cccc2c(=O)c(C)c(-c3ccccc3)oc12. The number of rotatable bonds is 6. The number of hydrogen-bond donors (Lipinski definition) is 2. The molecule has 0 bridgehead atoms. The lowest BCUT2D eigenvalue weighted by atomic mass is 10.0. The number of fused-ring (bicyclic) bond motifs is 1. The summed E-state index contributed by atoms with van der Waals surface area (Å²) in [4.78, 5) is 38.1. The fraction of sp³-hybridized carbons (Fsp3) is 0.292. The maximum absolute atomic E-state index is 12.9. The van der Waals surface area contributed by atoms with Crippen LogP contribution in [-0.4, -0.2) is 23.9 Å². The fourth-order valence-electron chi connectivity index (χ4n) is 3.16. The molecular weight excluding hydrogens is 380 g/mol. The lowest BCUT2D eigenvalue weighted by molar-refractivity contribution is -0.123. The monoisotopic (exact) mass is 406 g/mol. The molecule has 0 saturated heterocycles. The molecular formula is C24H26N2O4. The summed E-state index contributed by atoms with van der Waals surface area (Å²) in [7, 11) is 0. The zero-order valence-corrected chi connectivity index (χ0v) is 17.6. The van der Waals surface area contributed by atoms with Crippen molar-refractivity contribution >= 4 is 22.8 Å². The standard InChI is InChI=1S/C24H26N2O4/c1-5-14(2)25-23(28)16(4)26-24(29)19-13-9-12-18-20(27)15(3)21(30-22(18)19)17-10-7-6-8-11-17/h6-14,16H,5H2,1-4H3,(H,25,28)(H,26,29). The number of carbonyl (C=O) groups is 2. The molecule has 2 unspecified atom stereocenters. The van der Waals surface area contributed by atoms with Crippen LogP contribution in [0.4, 0.5) is 0 Å². The minimum Gasteiger partial charge on any atom is -0.455 e. The molecule has 2 atom stereocenters. The summed E-state index contributed by atoms with van der Waals surface area (Å²) in [5, 5.41) is 5.87. The van der Waals surface area contributed by atoms with Gasteiger partial charge in [-0.2, -0.15) is 0 Å². The summed E-state index contributed by atoms with van der Waals surface area (Å²) in [6, 6.07) is 13.4. The van der Waals surface area contributed by atoms with Crippen LogP contribution in [0.15, 0.2) is 57.7 Å². The smallest absolute Gasteiger partial charge is 0.255 e. The van der Waals surface area contributed by atoms with Crippen LogP contribution in [-0.2, 0) is 4.79 Å². The molecule has 1 aromatic heterocycles.